The van der Waals surface area contributed by atoms with Gasteiger partial charge in [-0.3, -0.25) is 13.8 Å². The van der Waals surface area contributed by atoms with Gasteiger partial charge in [0.05, 0.1) is 43.9 Å². The highest BCUT2D eigenvalue weighted by Crippen LogP contribution is 2.33. The molecule has 11 nitrogen and oxygen atoms in total. The first kappa shape index (κ1) is 28.6. The Labute approximate surface area is 222 Å². The molecule has 0 saturated carbocycles. The van der Waals surface area contributed by atoms with Crippen LogP contribution in [0.15, 0.2) is 65.6 Å². The predicted molar refractivity (Wildman–Crippen MR) is 145 cm³/mol. The lowest BCUT2D eigenvalue weighted by atomic mass is 10.2. The topological polar surface area (TPSA) is 140 Å². The fourth-order valence-corrected chi connectivity index (χ4v) is 5.45. The maximum Gasteiger partial charge on any atom is 0.262 e. The summed E-state index contributed by atoms with van der Waals surface area (Å²) in [6.45, 7) is 1.28. The zero-order valence-electron chi connectivity index (χ0n) is 21.5. The summed E-state index contributed by atoms with van der Waals surface area (Å²) in [5.41, 5.74) is 1.57. The van der Waals surface area contributed by atoms with Crippen molar-refractivity contribution in [3.05, 3.63) is 66.2 Å². The van der Waals surface area contributed by atoms with Gasteiger partial charge in [-0.05, 0) is 61.0 Å². The Bertz CT molecular complexity index is 1520. The number of methoxy groups -OCH3 is 3. The van der Waals surface area contributed by atoms with Crippen LogP contribution >= 0.6 is 0 Å². The van der Waals surface area contributed by atoms with E-state index >= 15 is 0 Å². The average molecular weight is 564 g/mol. The van der Waals surface area contributed by atoms with Gasteiger partial charge in [-0.15, -0.1) is 0 Å². The minimum Gasteiger partial charge on any atom is -0.497 e. The summed E-state index contributed by atoms with van der Waals surface area (Å²) in [6, 6.07) is 15.1. The van der Waals surface area contributed by atoms with E-state index < -0.39 is 32.5 Å². The summed E-state index contributed by atoms with van der Waals surface area (Å²) in [6.07, 6.45) is 0.972. The standard InChI is InChI=1S/C25H29N3O8S2/c1-17-6-13-23(35-3)21(14-17)27-38(32,33)20-10-7-18(8-11-20)26-25(29)16-28(37(5,30)31)22-12-9-19(34-2)15-24(22)36-4/h6-15,27H,16H2,1-5H3,(H,26,29). The van der Waals surface area contributed by atoms with E-state index in [1.54, 1.807) is 24.3 Å². The van der Waals surface area contributed by atoms with Gasteiger partial charge in [0, 0.05) is 11.8 Å². The van der Waals surface area contributed by atoms with Gasteiger partial charge in [-0.25, -0.2) is 16.8 Å². The third-order valence-electron chi connectivity index (χ3n) is 5.39. The lowest BCUT2D eigenvalue weighted by molar-refractivity contribution is -0.114. The molecule has 3 aromatic carbocycles. The summed E-state index contributed by atoms with van der Waals surface area (Å²) in [5, 5.41) is 2.58. The van der Waals surface area contributed by atoms with E-state index in [1.807, 2.05) is 6.92 Å². The molecule has 0 aliphatic carbocycles. The molecule has 0 aliphatic rings. The van der Waals surface area contributed by atoms with Crippen LogP contribution in [0.25, 0.3) is 0 Å². The van der Waals surface area contributed by atoms with Crippen LogP contribution in [0.1, 0.15) is 5.56 Å². The summed E-state index contributed by atoms with van der Waals surface area (Å²) < 4.78 is 69.8. The highest BCUT2D eigenvalue weighted by molar-refractivity contribution is 7.92. The Kier molecular flexibility index (Phi) is 8.74. The van der Waals surface area contributed by atoms with Gasteiger partial charge >= 0.3 is 0 Å². The maximum atomic E-state index is 12.9. The molecule has 0 spiro atoms. The summed E-state index contributed by atoms with van der Waals surface area (Å²) in [7, 11) is -3.54. The second-order valence-corrected chi connectivity index (χ2v) is 11.8. The molecule has 0 saturated heterocycles. The number of hydrogen-bond acceptors (Lipinski definition) is 8. The summed E-state index contributed by atoms with van der Waals surface area (Å²) >= 11 is 0. The Hall–Kier alpha value is -3.97. The summed E-state index contributed by atoms with van der Waals surface area (Å²) in [4.78, 5) is 12.7. The highest BCUT2D eigenvalue weighted by Gasteiger charge is 2.25. The molecule has 204 valence electrons. The van der Waals surface area contributed by atoms with E-state index in [0.717, 1.165) is 16.1 Å². The Morgan fingerprint density at radius 1 is 0.842 bits per heavy atom. The van der Waals surface area contributed by atoms with Gasteiger partial charge in [0.2, 0.25) is 15.9 Å². The SMILES string of the molecule is COc1ccc(N(CC(=O)Nc2ccc(S(=O)(=O)Nc3cc(C)ccc3OC)cc2)S(C)(=O)=O)c(OC)c1. The van der Waals surface area contributed by atoms with Crippen LogP contribution in [0, 0.1) is 6.92 Å². The van der Waals surface area contributed by atoms with E-state index in [2.05, 4.69) is 10.0 Å². The third-order valence-corrected chi connectivity index (χ3v) is 7.90. The minimum atomic E-state index is -3.95. The van der Waals surface area contributed by atoms with Crippen molar-refractivity contribution in [1.82, 2.24) is 0 Å². The number of nitrogens with zero attached hydrogens (tertiary/aromatic N) is 1. The van der Waals surface area contributed by atoms with Crippen molar-refractivity contribution in [1.29, 1.82) is 0 Å². The minimum absolute atomic E-state index is 0.0419. The van der Waals surface area contributed by atoms with Crippen molar-refractivity contribution in [2.24, 2.45) is 0 Å². The van der Waals surface area contributed by atoms with Gasteiger partial charge in [-0.2, -0.15) is 0 Å². The van der Waals surface area contributed by atoms with Gasteiger partial charge < -0.3 is 19.5 Å². The molecule has 0 fully saturated rings. The first-order valence-corrected chi connectivity index (χ1v) is 14.5. The molecule has 2 N–H and O–H groups in total. The van der Waals surface area contributed by atoms with E-state index in [0.29, 0.717) is 17.2 Å². The fraction of sp³-hybridized carbons (Fsp3) is 0.240. The number of ether oxygens (including phenoxy) is 3. The fourth-order valence-electron chi connectivity index (χ4n) is 3.53. The number of hydrogen-bond donors (Lipinski definition) is 2. The van der Waals surface area contributed by atoms with E-state index in [4.69, 9.17) is 14.2 Å². The van der Waals surface area contributed by atoms with Crippen molar-refractivity contribution in [3.63, 3.8) is 0 Å². The number of rotatable bonds is 11. The number of nitrogens with one attached hydrogen (secondary N) is 2. The molecule has 0 aliphatic heterocycles. The normalized spacial score (nSPS) is 11.4. The van der Waals surface area contributed by atoms with E-state index in [9.17, 15) is 21.6 Å². The Balaban J connectivity index is 1.77. The van der Waals surface area contributed by atoms with Crippen LogP contribution in [0.4, 0.5) is 17.1 Å². The van der Waals surface area contributed by atoms with Crippen molar-refractivity contribution in [3.8, 4) is 17.2 Å². The molecule has 0 heterocycles. The molecule has 0 aromatic heterocycles. The highest BCUT2D eigenvalue weighted by atomic mass is 32.2. The van der Waals surface area contributed by atoms with E-state index in [-0.39, 0.29) is 22.0 Å². The number of carbonyl (C=O) groups excluding carboxylic acids is 1. The molecule has 1 amide bonds. The van der Waals surface area contributed by atoms with Crippen LogP contribution in [-0.4, -0.2) is 56.9 Å². The molecule has 0 unspecified atom stereocenters. The molecule has 0 atom stereocenters. The van der Waals surface area contributed by atoms with Crippen LogP contribution in [0.3, 0.4) is 0 Å². The quantitative estimate of drug-likeness (QED) is 0.362. The third kappa shape index (κ3) is 6.86. The molecule has 0 radical (unpaired) electrons. The smallest absolute Gasteiger partial charge is 0.262 e. The molecular formula is C25H29N3O8S2. The van der Waals surface area contributed by atoms with Crippen LogP contribution < -0.4 is 28.6 Å². The van der Waals surface area contributed by atoms with E-state index in [1.165, 1.54) is 57.7 Å². The molecule has 3 aromatic rings. The lowest BCUT2D eigenvalue weighted by Crippen LogP contribution is -2.37. The number of carbonyl (C=O) groups is 1. The summed E-state index contributed by atoms with van der Waals surface area (Å²) in [5.74, 6) is 0.377. The molecular weight excluding hydrogens is 534 g/mol. The first-order valence-electron chi connectivity index (χ1n) is 11.1. The second-order valence-electron chi connectivity index (χ2n) is 8.19. The molecule has 38 heavy (non-hydrogen) atoms. The van der Waals surface area contributed by atoms with Gasteiger partial charge in [0.15, 0.2) is 0 Å². The number of amides is 1. The Morgan fingerprint density at radius 3 is 2.08 bits per heavy atom. The number of anilines is 3. The molecule has 0 bridgehead atoms. The molecule has 13 heteroatoms. The van der Waals surface area contributed by atoms with Crippen LogP contribution in [0.2, 0.25) is 0 Å². The van der Waals surface area contributed by atoms with Crippen molar-refractivity contribution >= 4 is 43.0 Å². The largest absolute Gasteiger partial charge is 0.497 e. The van der Waals surface area contributed by atoms with Crippen molar-refractivity contribution in [2.45, 2.75) is 11.8 Å². The Morgan fingerprint density at radius 2 is 1.50 bits per heavy atom. The van der Waals surface area contributed by atoms with Gasteiger partial charge in [-0.1, -0.05) is 6.07 Å². The zero-order chi connectivity index (χ0) is 28.1. The van der Waals surface area contributed by atoms with Gasteiger partial charge in [0.25, 0.3) is 10.0 Å². The second kappa shape index (κ2) is 11.6. The maximum absolute atomic E-state index is 12.9. The van der Waals surface area contributed by atoms with Gasteiger partial charge in [0.1, 0.15) is 23.8 Å². The van der Waals surface area contributed by atoms with Crippen LogP contribution in [-0.2, 0) is 24.8 Å². The number of aryl methyl sites for hydroxylation is 1. The predicted octanol–water partition coefficient (Wildman–Crippen LogP) is 3.23. The average Bonchev–Trinajstić information content (AvgIpc) is 2.86. The van der Waals surface area contributed by atoms with Crippen LogP contribution in [0.5, 0.6) is 17.2 Å². The lowest BCUT2D eigenvalue weighted by Gasteiger charge is -2.24. The van der Waals surface area contributed by atoms with Crippen molar-refractivity contribution < 1.29 is 35.8 Å². The number of benzene rings is 3. The van der Waals surface area contributed by atoms with Crippen molar-refractivity contribution in [2.75, 3.05) is 48.5 Å². The first-order chi connectivity index (χ1) is 17.9. The number of sulfonamides is 2. The molecule has 3 rings (SSSR count). The zero-order valence-corrected chi connectivity index (χ0v) is 23.1. The monoisotopic (exact) mass is 563 g/mol.